The number of sulfonamides is 1. The molecule has 8 heteroatoms. The van der Waals surface area contributed by atoms with Gasteiger partial charge in [-0.3, -0.25) is 4.21 Å². The van der Waals surface area contributed by atoms with Gasteiger partial charge < -0.3 is 5.32 Å². The molecular weight excluding hydrogens is 286 g/mol. The molecule has 1 aromatic heterocycles. The molecule has 2 unspecified atom stereocenters. The topological polar surface area (TPSA) is 88.2 Å². The van der Waals surface area contributed by atoms with Gasteiger partial charge in [-0.15, -0.1) is 0 Å². The van der Waals surface area contributed by atoms with Gasteiger partial charge in [-0.25, -0.2) is 18.1 Å². The smallest absolute Gasteiger partial charge is 0.260 e. The summed E-state index contributed by atoms with van der Waals surface area (Å²) >= 11 is 0. The summed E-state index contributed by atoms with van der Waals surface area (Å²) in [6, 6.07) is 3.30. The summed E-state index contributed by atoms with van der Waals surface area (Å²) in [6.07, 6.45) is 3.56. The summed E-state index contributed by atoms with van der Waals surface area (Å²) < 4.78 is 37.8. The van der Waals surface area contributed by atoms with E-state index in [4.69, 9.17) is 0 Å². The number of pyridine rings is 1. The van der Waals surface area contributed by atoms with Gasteiger partial charge in [-0.05, 0) is 18.6 Å². The molecule has 0 spiro atoms. The molecule has 108 valence electrons. The molecule has 19 heavy (non-hydrogen) atoms. The van der Waals surface area contributed by atoms with Gasteiger partial charge in [0.05, 0.1) is 5.69 Å². The van der Waals surface area contributed by atoms with Gasteiger partial charge in [-0.2, -0.15) is 0 Å². The maximum atomic E-state index is 12.1. The minimum atomic E-state index is -3.65. The van der Waals surface area contributed by atoms with E-state index in [-0.39, 0.29) is 16.8 Å². The molecule has 0 amide bonds. The Morgan fingerprint density at radius 1 is 1.47 bits per heavy atom. The van der Waals surface area contributed by atoms with Crippen LogP contribution >= 0.6 is 0 Å². The lowest BCUT2D eigenvalue weighted by molar-refractivity contribution is 0.574. The zero-order chi connectivity index (χ0) is 14.5. The first-order chi connectivity index (χ1) is 8.88. The Morgan fingerprint density at radius 2 is 2.16 bits per heavy atom. The van der Waals surface area contributed by atoms with Crippen LogP contribution in [0.25, 0.3) is 0 Å². The fourth-order valence-electron chi connectivity index (χ4n) is 1.43. The predicted molar refractivity (Wildman–Crippen MR) is 77.1 cm³/mol. The fraction of sp³-hybridized carbons (Fsp3) is 0.545. The second kappa shape index (κ2) is 6.97. The zero-order valence-corrected chi connectivity index (χ0v) is 12.8. The molecule has 0 aromatic carbocycles. The van der Waals surface area contributed by atoms with Gasteiger partial charge in [0.1, 0.15) is 0 Å². The van der Waals surface area contributed by atoms with Gasteiger partial charge in [0, 0.05) is 42.1 Å². The molecule has 0 radical (unpaired) electrons. The summed E-state index contributed by atoms with van der Waals surface area (Å²) in [7, 11) is -2.96. The number of aromatic nitrogens is 1. The lowest BCUT2D eigenvalue weighted by Gasteiger charge is -2.11. The van der Waals surface area contributed by atoms with Gasteiger partial charge in [-0.1, -0.05) is 6.92 Å². The lowest BCUT2D eigenvalue weighted by atomic mass is 10.3. The van der Waals surface area contributed by atoms with Gasteiger partial charge in [0.2, 0.25) is 0 Å². The van der Waals surface area contributed by atoms with Crippen molar-refractivity contribution >= 4 is 26.5 Å². The van der Waals surface area contributed by atoms with Crippen LogP contribution in [0.5, 0.6) is 0 Å². The normalized spacial score (nSPS) is 14.9. The minimum absolute atomic E-state index is 0.0252. The largest absolute Gasteiger partial charge is 0.386 e. The molecule has 0 fully saturated rings. The van der Waals surface area contributed by atoms with Crippen LogP contribution in [-0.4, -0.2) is 42.7 Å². The highest BCUT2D eigenvalue weighted by Crippen LogP contribution is 2.16. The van der Waals surface area contributed by atoms with Crippen LogP contribution in [-0.2, 0) is 20.8 Å². The molecule has 0 saturated carbocycles. The van der Waals surface area contributed by atoms with Crippen molar-refractivity contribution in [2.45, 2.75) is 23.6 Å². The summed E-state index contributed by atoms with van der Waals surface area (Å²) in [4.78, 5) is 3.88. The highest BCUT2D eigenvalue weighted by Gasteiger charge is 2.19. The Balaban J connectivity index is 2.74. The molecule has 1 aromatic rings. The number of nitrogens with one attached hydrogen (secondary N) is 2. The van der Waals surface area contributed by atoms with E-state index >= 15 is 0 Å². The first kappa shape index (κ1) is 16.1. The Morgan fingerprint density at radius 3 is 2.74 bits per heavy atom. The van der Waals surface area contributed by atoms with E-state index in [0.29, 0.717) is 12.1 Å². The van der Waals surface area contributed by atoms with E-state index in [1.165, 1.54) is 6.20 Å². The van der Waals surface area contributed by atoms with Crippen molar-refractivity contribution in [1.82, 2.24) is 9.71 Å². The number of hydrogen-bond acceptors (Lipinski definition) is 5. The van der Waals surface area contributed by atoms with E-state index in [1.54, 1.807) is 25.4 Å². The van der Waals surface area contributed by atoms with Crippen molar-refractivity contribution < 1.29 is 12.6 Å². The van der Waals surface area contributed by atoms with Crippen molar-refractivity contribution in [2.75, 3.05) is 25.2 Å². The van der Waals surface area contributed by atoms with Crippen molar-refractivity contribution in [3.05, 3.63) is 18.3 Å². The molecule has 0 aliphatic rings. The molecule has 0 aliphatic carbocycles. The lowest BCUT2D eigenvalue weighted by Crippen LogP contribution is -2.28. The molecule has 6 nitrogen and oxygen atoms in total. The number of hydrogen-bond donors (Lipinski definition) is 2. The van der Waals surface area contributed by atoms with Gasteiger partial charge in [0.15, 0.2) is 5.03 Å². The monoisotopic (exact) mass is 305 g/mol. The standard InChI is InChI=1S/C11H19N3O3S2/c1-9(18(3)15)6-8-14-19(16,17)11-10(12-2)5-4-7-13-11/h4-5,7,9,12,14H,6,8H2,1-3H3. The van der Waals surface area contributed by atoms with E-state index < -0.39 is 20.8 Å². The van der Waals surface area contributed by atoms with Crippen molar-refractivity contribution in [1.29, 1.82) is 0 Å². The van der Waals surface area contributed by atoms with E-state index in [0.717, 1.165) is 0 Å². The van der Waals surface area contributed by atoms with Gasteiger partial charge in [0.25, 0.3) is 10.0 Å². The molecule has 0 bridgehead atoms. The molecular formula is C11H19N3O3S2. The third kappa shape index (κ3) is 4.55. The average molecular weight is 305 g/mol. The molecule has 0 aliphatic heterocycles. The third-order valence-corrected chi connectivity index (χ3v) is 5.49. The maximum Gasteiger partial charge on any atom is 0.260 e. The SMILES string of the molecule is CNc1cccnc1S(=O)(=O)NCCC(C)S(C)=O. The Labute approximate surface area is 116 Å². The summed E-state index contributed by atoms with van der Waals surface area (Å²) in [5.74, 6) is 0. The molecule has 1 heterocycles. The highest BCUT2D eigenvalue weighted by molar-refractivity contribution is 7.89. The molecule has 2 N–H and O–H groups in total. The first-order valence-corrected chi connectivity index (χ1v) is 8.93. The predicted octanol–water partition coefficient (Wildman–Crippen LogP) is 0.559. The van der Waals surface area contributed by atoms with Gasteiger partial charge >= 0.3 is 0 Å². The Bertz CT molecular complexity index is 546. The van der Waals surface area contributed by atoms with Crippen molar-refractivity contribution in [3.8, 4) is 0 Å². The minimum Gasteiger partial charge on any atom is -0.386 e. The van der Waals surface area contributed by atoms with Crippen molar-refractivity contribution in [3.63, 3.8) is 0 Å². The van der Waals surface area contributed by atoms with Crippen LogP contribution in [0.4, 0.5) is 5.69 Å². The summed E-state index contributed by atoms with van der Waals surface area (Å²) in [6.45, 7) is 2.06. The summed E-state index contributed by atoms with van der Waals surface area (Å²) in [5, 5.41) is 2.72. The van der Waals surface area contributed by atoms with Crippen molar-refractivity contribution in [2.24, 2.45) is 0 Å². The second-order valence-electron chi connectivity index (χ2n) is 4.10. The fourth-order valence-corrected chi connectivity index (χ4v) is 3.06. The van der Waals surface area contributed by atoms with Crippen LogP contribution < -0.4 is 10.0 Å². The maximum absolute atomic E-state index is 12.1. The zero-order valence-electron chi connectivity index (χ0n) is 11.2. The first-order valence-electron chi connectivity index (χ1n) is 5.83. The van der Waals surface area contributed by atoms with Crippen LogP contribution in [0.3, 0.4) is 0 Å². The number of anilines is 1. The second-order valence-corrected chi connectivity index (χ2v) is 7.59. The summed E-state index contributed by atoms with van der Waals surface area (Å²) in [5.41, 5.74) is 0.446. The van der Waals surface area contributed by atoms with E-state index in [9.17, 15) is 12.6 Å². The van der Waals surface area contributed by atoms with Crippen LogP contribution in [0.15, 0.2) is 23.4 Å². The number of rotatable bonds is 7. The average Bonchev–Trinajstić information content (AvgIpc) is 2.38. The number of nitrogens with zero attached hydrogens (tertiary/aromatic N) is 1. The van der Waals surface area contributed by atoms with Crippen LogP contribution in [0, 0.1) is 0 Å². The molecule has 1 rings (SSSR count). The van der Waals surface area contributed by atoms with E-state index in [2.05, 4.69) is 15.0 Å². The van der Waals surface area contributed by atoms with Crippen LogP contribution in [0.1, 0.15) is 13.3 Å². The highest BCUT2D eigenvalue weighted by atomic mass is 32.2. The van der Waals surface area contributed by atoms with E-state index in [1.807, 2.05) is 6.92 Å². The quantitative estimate of drug-likeness (QED) is 0.768. The molecule has 2 atom stereocenters. The van der Waals surface area contributed by atoms with Crippen LogP contribution in [0.2, 0.25) is 0 Å². The Kier molecular flexibility index (Phi) is 5.89. The molecule has 0 saturated heterocycles. The third-order valence-electron chi connectivity index (χ3n) is 2.70. The Hall–Kier alpha value is -0.990.